The summed E-state index contributed by atoms with van der Waals surface area (Å²) >= 11 is 0. The lowest BCUT2D eigenvalue weighted by Gasteiger charge is -2.13. The fourth-order valence-electron chi connectivity index (χ4n) is 4.16. The number of rotatable bonds is 6. The van der Waals surface area contributed by atoms with Crippen molar-refractivity contribution >= 4 is 29.8 Å². The molecule has 1 aliphatic rings. The van der Waals surface area contributed by atoms with Crippen molar-refractivity contribution in [3.8, 4) is 17.3 Å². The number of aromatic nitrogens is 3. The molecule has 0 spiro atoms. The summed E-state index contributed by atoms with van der Waals surface area (Å²) < 4.78 is 7.66. The van der Waals surface area contributed by atoms with E-state index in [-0.39, 0.29) is 0 Å². The molecule has 0 atom stereocenters. The minimum Gasteiger partial charge on any atom is -0.487 e. The van der Waals surface area contributed by atoms with E-state index in [2.05, 4.69) is 5.32 Å². The molecule has 166 valence electrons. The summed E-state index contributed by atoms with van der Waals surface area (Å²) in [7, 11) is -1.53. The molecule has 0 radical (unpaired) electrons. The molecule has 1 aliphatic heterocycles. The first-order valence-corrected chi connectivity index (χ1v) is 10.6. The van der Waals surface area contributed by atoms with E-state index < -0.39 is 13.0 Å². The molecule has 0 saturated carbocycles. The van der Waals surface area contributed by atoms with Gasteiger partial charge in [-0.25, -0.2) is 9.97 Å². The third-order valence-corrected chi connectivity index (χ3v) is 5.71. The van der Waals surface area contributed by atoms with E-state index in [0.29, 0.717) is 53.5 Å². The van der Waals surface area contributed by atoms with Gasteiger partial charge in [0.05, 0.1) is 29.1 Å². The Bertz CT molecular complexity index is 1390. The maximum Gasteiger partial charge on any atom is 0.488 e. The number of primary amides is 1. The number of benzene rings is 1. The smallest absolute Gasteiger partial charge is 0.487 e. The summed E-state index contributed by atoms with van der Waals surface area (Å²) in [6.07, 6.45) is 2.52. The molecule has 0 aliphatic carbocycles. The zero-order chi connectivity index (χ0) is 23.1. The van der Waals surface area contributed by atoms with Gasteiger partial charge in [-0.3, -0.25) is 4.79 Å². The Labute approximate surface area is 190 Å². The van der Waals surface area contributed by atoms with Crippen LogP contribution in [-0.2, 0) is 13.0 Å². The fraction of sp³-hybridized carbons (Fsp3) is 0.174. The highest BCUT2D eigenvalue weighted by Gasteiger charge is 2.24. The van der Waals surface area contributed by atoms with Crippen molar-refractivity contribution in [3.05, 3.63) is 71.0 Å². The van der Waals surface area contributed by atoms with Gasteiger partial charge in [-0.05, 0) is 41.7 Å². The molecule has 33 heavy (non-hydrogen) atoms. The minimum absolute atomic E-state index is 0.409. The number of amides is 1. The molecular weight excluding hydrogens is 421 g/mol. The van der Waals surface area contributed by atoms with Crippen molar-refractivity contribution < 1.29 is 19.6 Å². The monoisotopic (exact) mass is 443 g/mol. The second kappa shape index (κ2) is 8.23. The highest BCUT2D eigenvalue weighted by molar-refractivity contribution is 6.58. The van der Waals surface area contributed by atoms with Crippen LogP contribution < -0.4 is 21.3 Å². The van der Waals surface area contributed by atoms with Crippen molar-refractivity contribution in [2.45, 2.75) is 19.9 Å². The van der Waals surface area contributed by atoms with Crippen LogP contribution in [0.1, 0.15) is 27.2 Å². The standard InChI is InChI=1S/C23H22BN5O4/c1-13-10-18-16(21(25)30)6-3-8-29(18)19(13)22-27-17-7-9-33-20(17)23(28-22)26-12-14-4-2-5-15(11-14)24(31)32/h2-6,8,10-11,31-32H,7,9,12H2,1H3,(H2,25,30)(H,26,27,28). The molecule has 0 unspecified atom stereocenters. The average Bonchev–Trinajstić information content (AvgIpc) is 3.40. The van der Waals surface area contributed by atoms with Crippen LogP contribution in [0.4, 0.5) is 5.82 Å². The Morgan fingerprint density at radius 1 is 1.24 bits per heavy atom. The van der Waals surface area contributed by atoms with Crippen LogP contribution in [0, 0.1) is 6.92 Å². The number of hydrogen-bond donors (Lipinski definition) is 4. The van der Waals surface area contributed by atoms with Crippen LogP contribution in [0.3, 0.4) is 0 Å². The second-order valence-electron chi connectivity index (χ2n) is 7.96. The molecule has 1 amide bonds. The molecule has 10 heteroatoms. The maximum atomic E-state index is 11.9. The molecule has 0 bridgehead atoms. The Hall–Kier alpha value is -3.89. The first kappa shape index (κ1) is 21.0. The molecule has 3 aromatic heterocycles. The molecule has 4 aromatic rings. The van der Waals surface area contributed by atoms with Crippen molar-refractivity contribution in [2.24, 2.45) is 5.73 Å². The topological polar surface area (TPSA) is 135 Å². The minimum atomic E-state index is -1.53. The van der Waals surface area contributed by atoms with Crippen LogP contribution in [0.15, 0.2) is 48.7 Å². The van der Waals surface area contributed by atoms with E-state index in [0.717, 1.165) is 22.5 Å². The highest BCUT2D eigenvalue weighted by Crippen LogP contribution is 2.35. The molecule has 5 N–H and O–H groups in total. The molecular formula is C23H22BN5O4. The Kier molecular flexibility index (Phi) is 5.23. The molecule has 4 heterocycles. The van der Waals surface area contributed by atoms with Gasteiger partial charge in [0.2, 0.25) is 0 Å². The van der Waals surface area contributed by atoms with Gasteiger partial charge in [0.1, 0.15) is 0 Å². The van der Waals surface area contributed by atoms with E-state index in [1.807, 2.05) is 29.7 Å². The van der Waals surface area contributed by atoms with Crippen molar-refractivity contribution in [1.29, 1.82) is 0 Å². The lowest BCUT2D eigenvalue weighted by Crippen LogP contribution is -2.30. The summed E-state index contributed by atoms with van der Waals surface area (Å²) in [5.74, 6) is 1.20. The number of fused-ring (bicyclic) bond motifs is 2. The fourth-order valence-corrected chi connectivity index (χ4v) is 4.16. The van der Waals surface area contributed by atoms with Crippen LogP contribution >= 0.6 is 0 Å². The van der Waals surface area contributed by atoms with Crippen LogP contribution in [0.5, 0.6) is 5.75 Å². The summed E-state index contributed by atoms with van der Waals surface area (Å²) in [6, 6.07) is 12.4. The number of pyridine rings is 1. The number of carbonyl (C=O) groups is 1. The number of anilines is 1. The zero-order valence-corrected chi connectivity index (χ0v) is 17.9. The van der Waals surface area contributed by atoms with Gasteiger partial charge in [-0.1, -0.05) is 24.3 Å². The number of nitrogens with zero attached hydrogens (tertiary/aromatic N) is 3. The number of nitrogens with one attached hydrogen (secondary N) is 1. The van der Waals surface area contributed by atoms with Crippen LogP contribution in [-0.4, -0.2) is 44.0 Å². The van der Waals surface area contributed by atoms with Gasteiger partial charge in [0.15, 0.2) is 17.4 Å². The second-order valence-corrected chi connectivity index (χ2v) is 7.96. The summed E-state index contributed by atoms with van der Waals surface area (Å²) in [4.78, 5) is 21.4. The molecule has 0 saturated heterocycles. The van der Waals surface area contributed by atoms with Crippen molar-refractivity contribution in [3.63, 3.8) is 0 Å². The Morgan fingerprint density at radius 3 is 2.88 bits per heavy atom. The summed E-state index contributed by atoms with van der Waals surface area (Å²) in [5.41, 5.74) is 10.5. The predicted octanol–water partition coefficient (Wildman–Crippen LogP) is 1.03. The lowest BCUT2D eigenvalue weighted by atomic mass is 9.80. The first-order valence-electron chi connectivity index (χ1n) is 10.6. The van der Waals surface area contributed by atoms with Crippen LogP contribution in [0.25, 0.3) is 17.0 Å². The SMILES string of the molecule is Cc1cc2c(C(N)=O)cccn2c1-c1nc2c(c(NCc3cccc(B(O)O)c3)n1)OCC2. The summed E-state index contributed by atoms with van der Waals surface area (Å²) in [6.45, 7) is 2.87. The Balaban J connectivity index is 1.56. The maximum absolute atomic E-state index is 11.9. The number of hydrogen-bond acceptors (Lipinski definition) is 7. The molecule has 9 nitrogen and oxygen atoms in total. The van der Waals surface area contributed by atoms with E-state index >= 15 is 0 Å². The van der Waals surface area contributed by atoms with E-state index in [1.165, 1.54) is 0 Å². The average molecular weight is 443 g/mol. The quantitative estimate of drug-likeness (QED) is 0.327. The number of aryl methyl sites for hydroxylation is 1. The number of nitrogens with two attached hydrogens (primary N) is 1. The van der Waals surface area contributed by atoms with Crippen LogP contribution in [0.2, 0.25) is 0 Å². The van der Waals surface area contributed by atoms with E-state index in [4.69, 9.17) is 20.4 Å². The zero-order valence-electron chi connectivity index (χ0n) is 17.9. The van der Waals surface area contributed by atoms with Gasteiger partial charge in [0.25, 0.3) is 5.91 Å². The van der Waals surface area contributed by atoms with E-state index in [1.54, 1.807) is 30.3 Å². The number of ether oxygens (including phenoxy) is 1. The van der Waals surface area contributed by atoms with Gasteiger partial charge in [0, 0.05) is 19.2 Å². The normalized spacial score (nSPS) is 12.5. The highest BCUT2D eigenvalue weighted by atomic mass is 16.5. The molecule has 5 rings (SSSR count). The largest absolute Gasteiger partial charge is 0.488 e. The lowest BCUT2D eigenvalue weighted by molar-refractivity contribution is 0.100. The Morgan fingerprint density at radius 2 is 2.09 bits per heavy atom. The predicted molar refractivity (Wildman–Crippen MR) is 124 cm³/mol. The van der Waals surface area contributed by atoms with Gasteiger partial charge >= 0.3 is 7.12 Å². The number of carbonyl (C=O) groups excluding carboxylic acids is 1. The first-order chi connectivity index (χ1) is 15.9. The third-order valence-electron chi connectivity index (χ3n) is 5.71. The summed E-state index contributed by atoms with van der Waals surface area (Å²) in [5, 5.41) is 22.2. The van der Waals surface area contributed by atoms with Crippen molar-refractivity contribution in [1.82, 2.24) is 14.4 Å². The molecule has 1 aromatic carbocycles. The van der Waals surface area contributed by atoms with Crippen molar-refractivity contribution in [2.75, 3.05) is 11.9 Å². The van der Waals surface area contributed by atoms with E-state index in [9.17, 15) is 14.8 Å². The van der Waals surface area contributed by atoms with Gasteiger partial charge in [-0.2, -0.15) is 0 Å². The van der Waals surface area contributed by atoms with Gasteiger partial charge < -0.3 is 30.2 Å². The molecule has 0 fully saturated rings. The third kappa shape index (κ3) is 3.79. The van der Waals surface area contributed by atoms with Gasteiger partial charge in [-0.15, -0.1) is 0 Å².